The van der Waals surface area contributed by atoms with Gasteiger partial charge in [0.25, 0.3) is 0 Å². The number of piperidine rings is 1. The van der Waals surface area contributed by atoms with Crippen LogP contribution in [0.15, 0.2) is 28.7 Å². The number of nitrogens with zero attached hydrogens (tertiary/aromatic N) is 1. The largest absolute Gasteiger partial charge is 0.343 e. The molecule has 98 valence electrons. The van der Waals surface area contributed by atoms with E-state index in [1.807, 2.05) is 4.90 Å². The van der Waals surface area contributed by atoms with E-state index in [0.29, 0.717) is 6.04 Å². The number of carbonyl (C=O) groups is 1. The lowest BCUT2D eigenvalue weighted by Gasteiger charge is -2.31. The van der Waals surface area contributed by atoms with Crippen molar-refractivity contribution in [3.8, 4) is 0 Å². The molecule has 1 saturated heterocycles. The molecule has 0 aliphatic carbocycles. The number of halogens is 1. The van der Waals surface area contributed by atoms with Gasteiger partial charge in [-0.1, -0.05) is 28.1 Å². The van der Waals surface area contributed by atoms with Crippen LogP contribution in [0.1, 0.15) is 25.3 Å². The molecule has 0 radical (unpaired) electrons. The number of amides is 1. The van der Waals surface area contributed by atoms with Crippen molar-refractivity contribution in [3.63, 3.8) is 0 Å². The molecule has 0 aromatic heterocycles. The molecule has 1 fully saturated rings. The molecule has 1 aromatic rings. The monoisotopic (exact) mass is 310 g/mol. The van der Waals surface area contributed by atoms with Crippen LogP contribution in [-0.2, 0) is 11.3 Å². The number of carbonyl (C=O) groups excluding carboxylic acids is 1. The second-order valence-electron chi connectivity index (χ2n) is 4.79. The van der Waals surface area contributed by atoms with Gasteiger partial charge in [-0.2, -0.15) is 0 Å². The molecule has 1 amide bonds. The molecule has 0 bridgehead atoms. The molecule has 1 aliphatic rings. The molecule has 1 aliphatic heterocycles. The van der Waals surface area contributed by atoms with Gasteiger partial charge in [-0.25, -0.2) is 0 Å². The molecular formula is C14H19BrN2O. The van der Waals surface area contributed by atoms with Gasteiger partial charge >= 0.3 is 0 Å². The summed E-state index contributed by atoms with van der Waals surface area (Å²) in [6.45, 7) is 4.31. The minimum Gasteiger partial charge on any atom is -0.343 e. The summed E-state index contributed by atoms with van der Waals surface area (Å²) in [6.07, 6.45) is 2.10. The van der Waals surface area contributed by atoms with Crippen LogP contribution in [0.2, 0.25) is 0 Å². The molecule has 0 spiro atoms. The third-order valence-electron chi connectivity index (χ3n) is 3.45. The minimum absolute atomic E-state index is 0.196. The first kappa shape index (κ1) is 13.6. The summed E-state index contributed by atoms with van der Waals surface area (Å²) in [5.41, 5.74) is 1.30. The van der Waals surface area contributed by atoms with E-state index in [1.165, 1.54) is 5.56 Å². The lowest BCUT2D eigenvalue weighted by Crippen LogP contribution is -2.43. The highest BCUT2D eigenvalue weighted by Gasteiger charge is 2.19. The van der Waals surface area contributed by atoms with Gasteiger partial charge in [-0.3, -0.25) is 4.79 Å². The van der Waals surface area contributed by atoms with Gasteiger partial charge in [0.15, 0.2) is 0 Å². The molecule has 0 unspecified atom stereocenters. The Morgan fingerprint density at radius 3 is 2.50 bits per heavy atom. The predicted molar refractivity (Wildman–Crippen MR) is 76.3 cm³/mol. The van der Waals surface area contributed by atoms with E-state index < -0.39 is 0 Å². The fourth-order valence-electron chi connectivity index (χ4n) is 2.26. The molecule has 1 N–H and O–H groups in total. The highest BCUT2D eigenvalue weighted by atomic mass is 79.9. The Balaban J connectivity index is 1.75. The van der Waals surface area contributed by atoms with E-state index in [9.17, 15) is 4.79 Å². The smallest absolute Gasteiger partial charge is 0.219 e. The van der Waals surface area contributed by atoms with Crippen molar-refractivity contribution in [2.75, 3.05) is 13.1 Å². The van der Waals surface area contributed by atoms with Crippen molar-refractivity contribution in [3.05, 3.63) is 34.3 Å². The summed E-state index contributed by atoms with van der Waals surface area (Å²) in [4.78, 5) is 13.1. The lowest BCUT2D eigenvalue weighted by atomic mass is 10.0. The van der Waals surface area contributed by atoms with E-state index in [1.54, 1.807) is 6.92 Å². The van der Waals surface area contributed by atoms with E-state index in [2.05, 4.69) is 45.5 Å². The van der Waals surface area contributed by atoms with Crippen LogP contribution >= 0.6 is 15.9 Å². The SMILES string of the molecule is CC(=O)N1CCC(NCc2ccc(Br)cc2)CC1. The first-order chi connectivity index (χ1) is 8.65. The number of hydrogen-bond donors (Lipinski definition) is 1. The third kappa shape index (κ3) is 3.82. The Morgan fingerprint density at radius 1 is 1.33 bits per heavy atom. The number of nitrogens with one attached hydrogen (secondary N) is 1. The van der Waals surface area contributed by atoms with Crippen molar-refractivity contribution in [2.24, 2.45) is 0 Å². The molecule has 0 saturated carbocycles. The van der Waals surface area contributed by atoms with Crippen LogP contribution in [0.25, 0.3) is 0 Å². The second-order valence-corrected chi connectivity index (χ2v) is 5.70. The standard InChI is InChI=1S/C14H19BrN2O/c1-11(18)17-8-6-14(7-9-17)16-10-12-2-4-13(15)5-3-12/h2-5,14,16H,6-10H2,1H3. The van der Waals surface area contributed by atoms with Gasteiger partial charge in [0.05, 0.1) is 0 Å². The van der Waals surface area contributed by atoms with E-state index in [-0.39, 0.29) is 5.91 Å². The van der Waals surface area contributed by atoms with Gasteiger partial charge in [0, 0.05) is 37.1 Å². The molecule has 2 rings (SSSR count). The van der Waals surface area contributed by atoms with Gasteiger partial charge in [-0.15, -0.1) is 0 Å². The van der Waals surface area contributed by atoms with Crippen molar-refractivity contribution >= 4 is 21.8 Å². The molecule has 18 heavy (non-hydrogen) atoms. The highest BCUT2D eigenvalue weighted by molar-refractivity contribution is 9.10. The summed E-state index contributed by atoms with van der Waals surface area (Å²) in [7, 11) is 0. The van der Waals surface area contributed by atoms with Crippen LogP contribution in [0, 0.1) is 0 Å². The maximum atomic E-state index is 11.2. The van der Waals surface area contributed by atoms with E-state index >= 15 is 0 Å². The Kier molecular flexibility index (Phi) is 4.78. The highest BCUT2D eigenvalue weighted by Crippen LogP contribution is 2.13. The zero-order valence-corrected chi connectivity index (χ0v) is 12.2. The molecule has 1 aromatic carbocycles. The van der Waals surface area contributed by atoms with Crippen LogP contribution in [0.4, 0.5) is 0 Å². The maximum Gasteiger partial charge on any atom is 0.219 e. The molecule has 3 nitrogen and oxygen atoms in total. The normalized spacial score (nSPS) is 16.9. The van der Waals surface area contributed by atoms with Crippen molar-refractivity contribution in [1.29, 1.82) is 0 Å². The third-order valence-corrected chi connectivity index (χ3v) is 3.98. The molecular weight excluding hydrogens is 292 g/mol. The Labute approximate surface area is 117 Å². The summed E-state index contributed by atoms with van der Waals surface area (Å²) < 4.78 is 1.11. The first-order valence-electron chi connectivity index (χ1n) is 6.38. The van der Waals surface area contributed by atoms with Gasteiger partial charge in [-0.05, 0) is 30.5 Å². The fourth-order valence-corrected chi connectivity index (χ4v) is 2.53. The number of benzene rings is 1. The van der Waals surface area contributed by atoms with Gasteiger partial charge in [0.2, 0.25) is 5.91 Å². The van der Waals surface area contributed by atoms with E-state index in [4.69, 9.17) is 0 Å². The van der Waals surface area contributed by atoms with Crippen LogP contribution < -0.4 is 5.32 Å². The minimum atomic E-state index is 0.196. The Morgan fingerprint density at radius 2 is 1.94 bits per heavy atom. The Bertz CT molecular complexity index is 397. The van der Waals surface area contributed by atoms with Gasteiger partial charge < -0.3 is 10.2 Å². The first-order valence-corrected chi connectivity index (χ1v) is 7.18. The Hall–Kier alpha value is -0.870. The summed E-state index contributed by atoms with van der Waals surface area (Å²) in [6, 6.07) is 8.91. The summed E-state index contributed by atoms with van der Waals surface area (Å²) in [5.74, 6) is 0.196. The summed E-state index contributed by atoms with van der Waals surface area (Å²) >= 11 is 3.44. The zero-order chi connectivity index (χ0) is 13.0. The number of rotatable bonds is 3. The molecule has 4 heteroatoms. The van der Waals surface area contributed by atoms with Gasteiger partial charge in [0.1, 0.15) is 0 Å². The lowest BCUT2D eigenvalue weighted by molar-refractivity contribution is -0.129. The van der Waals surface area contributed by atoms with Crippen LogP contribution in [0.3, 0.4) is 0 Å². The van der Waals surface area contributed by atoms with Crippen molar-refractivity contribution < 1.29 is 4.79 Å². The quantitative estimate of drug-likeness (QED) is 0.930. The van der Waals surface area contributed by atoms with Crippen LogP contribution in [-0.4, -0.2) is 29.9 Å². The van der Waals surface area contributed by atoms with Crippen molar-refractivity contribution in [2.45, 2.75) is 32.4 Å². The topological polar surface area (TPSA) is 32.3 Å². The average molecular weight is 311 g/mol. The second kappa shape index (κ2) is 6.34. The summed E-state index contributed by atoms with van der Waals surface area (Å²) in [5, 5.41) is 3.56. The maximum absolute atomic E-state index is 11.2. The van der Waals surface area contributed by atoms with Crippen molar-refractivity contribution in [1.82, 2.24) is 10.2 Å². The fraction of sp³-hybridized carbons (Fsp3) is 0.500. The molecule has 0 atom stereocenters. The van der Waals surface area contributed by atoms with E-state index in [0.717, 1.165) is 36.9 Å². The van der Waals surface area contributed by atoms with Crippen LogP contribution in [0.5, 0.6) is 0 Å². The predicted octanol–water partition coefficient (Wildman–Crippen LogP) is 2.55. The number of likely N-dealkylation sites (tertiary alicyclic amines) is 1. The number of hydrogen-bond acceptors (Lipinski definition) is 2. The zero-order valence-electron chi connectivity index (χ0n) is 10.7. The average Bonchev–Trinajstić information content (AvgIpc) is 2.38. The molecule has 1 heterocycles.